The van der Waals surface area contributed by atoms with Crippen molar-refractivity contribution < 1.29 is 0 Å². The molecule has 1 heteroatoms. The molecule has 0 aromatic rings. The summed E-state index contributed by atoms with van der Waals surface area (Å²) in [5.74, 6) is 0. The van der Waals surface area contributed by atoms with E-state index in [-0.39, 0.29) is 0 Å². The van der Waals surface area contributed by atoms with E-state index in [0.717, 1.165) is 5.70 Å². The summed E-state index contributed by atoms with van der Waals surface area (Å²) in [5.41, 5.74) is 1.14. The number of hydrogen-bond acceptors (Lipinski definition) is 1. The summed E-state index contributed by atoms with van der Waals surface area (Å²) < 4.78 is 0. The van der Waals surface area contributed by atoms with Crippen molar-refractivity contribution >= 4 is 0 Å². The molecule has 0 heterocycles. The maximum atomic E-state index is 3.61. The second-order valence-electron chi connectivity index (χ2n) is 1.84. The minimum Gasteiger partial charge on any atom is -0.355 e. The molecule has 0 aromatic heterocycles. The van der Waals surface area contributed by atoms with Gasteiger partial charge in [0.1, 0.15) is 0 Å². The van der Waals surface area contributed by atoms with E-state index in [4.69, 9.17) is 0 Å². The van der Waals surface area contributed by atoms with E-state index in [2.05, 4.69) is 13.2 Å². The molecular formula is C10H19N. The van der Waals surface area contributed by atoms with Crippen LogP contribution < -0.4 is 0 Å². The van der Waals surface area contributed by atoms with Gasteiger partial charge in [0.05, 0.1) is 0 Å². The van der Waals surface area contributed by atoms with E-state index >= 15 is 0 Å². The van der Waals surface area contributed by atoms with Gasteiger partial charge < -0.3 is 4.90 Å². The van der Waals surface area contributed by atoms with Crippen molar-refractivity contribution in [2.24, 2.45) is 0 Å². The van der Waals surface area contributed by atoms with Crippen LogP contribution in [0.4, 0.5) is 0 Å². The molecule has 0 atom stereocenters. The van der Waals surface area contributed by atoms with Gasteiger partial charge in [0.15, 0.2) is 0 Å². The molecule has 0 aliphatic carbocycles. The fraction of sp³-hybridized carbons (Fsp3) is 0.400. The van der Waals surface area contributed by atoms with Gasteiger partial charge in [0, 0.05) is 12.7 Å². The number of allylic oxidation sites excluding steroid dienone is 3. The molecule has 0 unspecified atom stereocenters. The van der Waals surface area contributed by atoms with Crippen LogP contribution in [0.1, 0.15) is 20.8 Å². The van der Waals surface area contributed by atoms with E-state index in [0.29, 0.717) is 0 Å². The van der Waals surface area contributed by atoms with Crippen LogP contribution in [0, 0.1) is 0 Å². The highest BCUT2D eigenvalue weighted by Crippen LogP contribution is 1.98. The maximum absolute atomic E-state index is 3.61. The summed E-state index contributed by atoms with van der Waals surface area (Å²) in [4.78, 5) is 1.93. The second-order valence-corrected chi connectivity index (χ2v) is 1.84. The van der Waals surface area contributed by atoms with E-state index in [1.54, 1.807) is 12.3 Å². The monoisotopic (exact) mass is 153 g/mol. The van der Waals surface area contributed by atoms with Gasteiger partial charge in [-0.1, -0.05) is 33.1 Å². The number of rotatable bonds is 3. The first kappa shape index (κ1) is 12.7. The molecule has 0 aliphatic heterocycles. The van der Waals surface area contributed by atoms with Crippen molar-refractivity contribution in [3.8, 4) is 0 Å². The van der Waals surface area contributed by atoms with Crippen LogP contribution in [0.3, 0.4) is 0 Å². The molecule has 0 rings (SSSR count). The third-order valence-electron chi connectivity index (χ3n) is 1.19. The Balaban J connectivity index is 0. The van der Waals surface area contributed by atoms with E-state index < -0.39 is 0 Å². The Morgan fingerprint density at radius 1 is 1.27 bits per heavy atom. The Kier molecular flexibility index (Phi) is 10.4. The normalized spacial score (nSPS) is 9.27. The molecule has 1 nitrogen and oxygen atoms in total. The summed E-state index contributed by atoms with van der Waals surface area (Å²) in [7, 11) is 1.95. The Hall–Kier alpha value is -0.980. The third kappa shape index (κ3) is 6.91. The Labute approximate surface area is 70.7 Å². The number of hydrogen-bond donors (Lipinski definition) is 0. The van der Waals surface area contributed by atoms with Crippen LogP contribution in [0.2, 0.25) is 0 Å². The van der Waals surface area contributed by atoms with Crippen molar-refractivity contribution in [1.82, 2.24) is 4.90 Å². The highest BCUT2D eigenvalue weighted by molar-refractivity contribution is 5.08. The Bertz CT molecular complexity index is 134. The summed E-state index contributed by atoms with van der Waals surface area (Å²) >= 11 is 0. The zero-order chi connectivity index (χ0) is 9.28. The molecule has 0 amide bonds. The Morgan fingerprint density at radius 3 is 2.00 bits per heavy atom. The SMILES string of the molecule is C=C/C=C(\C)N(C)C=C.CC. The van der Waals surface area contributed by atoms with Crippen molar-refractivity contribution in [2.75, 3.05) is 7.05 Å². The lowest BCUT2D eigenvalue weighted by molar-refractivity contribution is 0.572. The van der Waals surface area contributed by atoms with Crippen molar-refractivity contribution in [1.29, 1.82) is 0 Å². The molecule has 0 N–H and O–H groups in total. The minimum atomic E-state index is 1.14. The van der Waals surface area contributed by atoms with Crippen LogP contribution in [0.25, 0.3) is 0 Å². The third-order valence-corrected chi connectivity index (χ3v) is 1.19. The van der Waals surface area contributed by atoms with E-state index in [1.165, 1.54) is 0 Å². The van der Waals surface area contributed by atoms with Gasteiger partial charge in [-0.25, -0.2) is 0 Å². The first-order valence-electron chi connectivity index (χ1n) is 3.87. The molecule has 0 aromatic carbocycles. The summed E-state index contributed by atoms with van der Waals surface area (Å²) in [6.07, 6.45) is 5.45. The highest BCUT2D eigenvalue weighted by Gasteiger charge is 1.87. The zero-order valence-corrected chi connectivity index (χ0v) is 8.09. The summed E-state index contributed by atoms with van der Waals surface area (Å²) in [5, 5.41) is 0. The van der Waals surface area contributed by atoms with Gasteiger partial charge in [-0.2, -0.15) is 0 Å². The fourth-order valence-corrected chi connectivity index (χ4v) is 0.432. The second kappa shape index (κ2) is 9.02. The van der Waals surface area contributed by atoms with Gasteiger partial charge >= 0.3 is 0 Å². The van der Waals surface area contributed by atoms with E-state index in [9.17, 15) is 0 Å². The van der Waals surface area contributed by atoms with Gasteiger partial charge in [-0.15, -0.1) is 0 Å². The van der Waals surface area contributed by atoms with Gasteiger partial charge in [-0.3, -0.25) is 0 Å². The quantitative estimate of drug-likeness (QED) is 0.563. The molecule has 0 radical (unpaired) electrons. The van der Waals surface area contributed by atoms with Crippen molar-refractivity contribution in [3.63, 3.8) is 0 Å². The smallest absolute Gasteiger partial charge is 0.0139 e. The van der Waals surface area contributed by atoms with E-state index in [1.807, 2.05) is 38.8 Å². The highest BCUT2D eigenvalue weighted by atomic mass is 15.1. The topological polar surface area (TPSA) is 3.24 Å². The first-order valence-corrected chi connectivity index (χ1v) is 3.87. The van der Waals surface area contributed by atoms with Crippen molar-refractivity contribution in [3.05, 3.63) is 37.2 Å². The molecule has 0 aliphatic rings. The molecule has 0 saturated carbocycles. The lowest BCUT2D eigenvalue weighted by atomic mass is 10.4. The number of nitrogens with zero attached hydrogens (tertiary/aromatic N) is 1. The van der Waals surface area contributed by atoms with Crippen LogP contribution in [0.5, 0.6) is 0 Å². The maximum Gasteiger partial charge on any atom is 0.0139 e. The molecule has 0 fully saturated rings. The largest absolute Gasteiger partial charge is 0.355 e. The van der Waals surface area contributed by atoms with Gasteiger partial charge in [-0.05, 0) is 19.2 Å². The standard InChI is InChI=1S/C8H13N.C2H6/c1-5-7-8(3)9(4)6-2;1-2/h5-7H,1-2H2,3-4H3;1-2H3/b8-7+;. The van der Waals surface area contributed by atoms with Crippen LogP contribution in [-0.2, 0) is 0 Å². The molecule has 0 saturated heterocycles. The van der Waals surface area contributed by atoms with Gasteiger partial charge in [0.2, 0.25) is 0 Å². The van der Waals surface area contributed by atoms with Gasteiger partial charge in [0.25, 0.3) is 0 Å². The summed E-state index contributed by atoms with van der Waals surface area (Å²) in [6.45, 7) is 13.2. The molecule has 64 valence electrons. The lowest BCUT2D eigenvalue weighted by Gasteiger charge is -2.12. The van der Waals surface area contributed by atoms with Crippen LogP contribution >= 0.6 is 0 Å². The zero-order valence-electron chi connectivity index (χ0n) is 8.09. The minimum absolute atomic E-state index is 1.14. The first-order chi connectivity index (χ1) is 5.22. The molecule has 0 spiro atoms. The summed E-state index contributed by atoms with van der Waals surface area (Å²) in [6, 6.07) is 0. The predicted molar refractivity (Wildman–Crippen MR) is 53.3 cm³/mol. The molecular weight excluding hydrogens is 134 g/mol. The molecule has 0 bridgehead atoms. The lowest BCUT2D eigenvalue weighted by Crippen LogP contribution is -2.05. The van der Waals surface area contributed by atoms with Crippen molar-refractivity contribution in [2.45, 2.75) is 20.8 Å². The predicted octanol–water partition coefficient (Wildman–Crippen LogP) is 3.18. The Morgan fingerprint density at radius 2 is 1.73 bits per heavy atom. The molecule has 11 heavy (non-hydrogen) atoms. The average molecular weight is 153 g/mol. The average Bonchev–Trinajstić information content (AvgIpc) is 2.07. The fourth-order valence-electron chi connectivity index (χ4n) is 0.432. The van der Waals surface area contributed by atoms with Crippen LogP contribution in [-0.4, -0.2) is 11.9 Å². The van der Waals surface area contributed by atoms with Crippen LogP contribution in [0.15, 0.2) is 37.2 Å².